The molecule has 0 saturated heterocycles. The van der Waals surface area contributed by atoms with Crippen molar-refractivity contribution in [1.82, 2.24) is 5.32 Å². The molecule has 2 rings (SSSR count). The number of non-ortho nitro benzene ring substituents is 1. The summed E-state index contributed by atoms with van der Waals surface area (Å²) in [5.41, 5.74) is -0.0926. The van der Waals surface area contributed by atoms with Crippen LogP contribution >= 0.6 is 23.6 Å². The van der Waals surface area contributed by atoms with E-state index in [0.29, 0.717) is 0 Å². The summed E-state index contributed by atoms with van der Waals surface area (Å²) in [6.07, 6.45) is 2.97. The van der Waals surface area contributed by atoms with Crippen molar-refractivity contribution < 1.29 is 14.8 Å². The Morgan fingerprint density at radius 2 is 2.17 bits per heavy atom. The molecule has 1 aromatic carbocycles. The molecule has 0 aliphatic carbocycles. The van der Waals surface area contributed by atoms with Crippen molar-refractivity contribution in [3.05, 3.63) is 56.8 Å². The molecule has 3 N–H and O–H groups in total. The lowest BCUT2D eigenvalue weighted by molar-refractivity contribution is -0.384. The highest BCUT2D eigenvalue weighted by atomic mass is 32.1. The number of nitrogens with one attached hydrogen (secondary N) is 2. The first-order valence-electron chi connectivity index (χ1n) is 6.26. The second kappa shape index (κ2) is 7.47. The molecule has 118 valence electrons. The van der Waals surface area contributed by atoms with Crippen molar-refractivity contribution in [3.8, 4) is 5.75 Å². The molecule has 1 heterocycles. The van der Waals surface area contributed by atoms with Crippen LogP contribution in [-0.2, 0) is 4.79 Å². The molecule has 0 unspecified atom stereocenters. The highest BCUT2D eigenvalue weighted by molar-refractivity contribution is 7.80. The number of amides is 1. The van der Waals surface area contributed by atoms with Gasteiger partial charge in [-0.25, -0.2) is 0 Å². The fourth-order valence-corrected chi connectivity index (χ4v) is 2.42. The van der Waals surface area contributed by atoms with Crippen molar-refractivity contribution in [1.29, 1.82) is 0 Å². The summed E-state index contributed by atoms with van der Waals surface area (Å²) in [5, 5.41) is 27.1. The number of aromatic hydroxyl groups is 1. The van der Waals surface area contributed by atoms with E-state index < -0.39 is 10.8 Å². The van der Waals surface area contributed by atoms with Gasteiger partial charge in [0.25, 0.3) is 5.69 Å². The molecule has 9 heteroatoms. The molecule has 0 atom stereocenters. The molecular formula is C14H11N3O4S2. The standard InChI is InChI=1S/C14H11N3O4S2/c18-12-8-9(17(20)21)3-5-11(12)15-14(22)16-13(19)6-4-10-2-1-7-23-10/h1-8,18H,(H2,15,16,19,22)/b6-4+. The second-order valence-electron chi connectivity index (χ2n) is 4.25. The van der Waals surface area contributed by atoms with Gasteiger partial charge in [0.05, 0.1) is 16.7 Å². The first-order valence-corrected chi connectivity index (χ1v) is 7.55. The van der Waals surface area contributed by atoms with Gasteiger partial charge < -0.3 is 10.4 Å². The summed E-state index contributed by atoms with van der Waals surface area (Å²) >= 11 is 6.44. The summed E-state index contributed by atoms with van der Waals surface area (Å²) in [5.74, 6) is -0.776. The zero-order valence-corrected chi connectivity index (χ0v) is 13.2. The lowest BCUT2D eigenvalue weighted by Crippen LogP contribution is -2.32. The van der Waals surface area contributed by atoms with Gasteiger partial charge in [0.1, 0.15) is 5.75 Å². The molecule has 7 nitrogen and oxygen atoms in total. The number of nitro groups is 1. The molecule has 1 aromatic heterocycles. The Morgan fingerprint density at radius 3 is 2.78 bits per heavy atom. The maximum Gasteiger partial charge on any atom is 0.273 e. The molecule has 1 amide bonds. The molecule has 0 aliphatic heterocycles. The van der Waals surface area contributed by atoms with Crippen LogP contribution in [0.5, 0.6) is 5.75 Å². The summed E-state index contributed by atoms with van der Waals surface area (Å²) in [6.45, 7) is 0. The van der Waals surface area contributed by atoms with E-state index in [1.54, 1.807) is 6.08 Å². The summed E-state index contributed by atoms with van der Waals surface area (Å²) in [6, 6.07) is 7.23. The van der Waals surface area contributed by atoms with Crippen LogP contribution < -0.4 is 10.6 Å². The number of thiocarbonyl (C=S) groups is 1. The summed E-state index contributed by atoms with van der Waals surface area (Å²) in [4.78, 5) is 22.6. The van der Waals surface area contributed by atoms with Crippen molar-refractivity contribution in [3.63, 3.8) is 0 Å². The number of nitrogens with zero attached hydrogens (tertiary/aromatic N) is 1. The van der Waals surface area contributed by atoms with E-state index >= 15 is 0 Å². The van der Waals surface area contributed by atoms with E-state index in [4.69, 9.17) is 12.2 Å². The van der Waals surface area contributed by atoms with Crippen molar-refractivity contribution in [2.75, 3.05) is 5.32 Å². The maximum atomic E-state index is 11.7. The first-order chi connectivity index (χ1) is 11.0. The van der Waals surface area contributed by atoms with Gasteiger partial charge in [-0.05, 0) is 35.8 Å². The van der Waals surface area contributed by atoms with Crippen LogP contribution in [0.4, 0.5) is 11.4 Å². The fourth-order valence-electron chi connectivity index (χ4n) is 1.59. The third kappa shape index (κ3) is 4.87. The van der Waals surface area contributed by atoms with E-state index in [1.807, 2.05) is 17.5 Å². The number of hydrogen-bond donors (Lipinski definition) is 3. The van der Waals surface area contributed by atoms with Crippen LogP contribution in [0.25, 0.3) is 6.08 Å². The summed E-state index contributed by atoms with van der Waals surface area (Å²) in [7, 11) is 0. The number of anilines is 1. The van der Waals surface area contributed by atoms with Crippen molar-refractivity contribution >= 4 is 52.0 Å². The largest absolute Gasteiger partial charge is 0.506 e. The zero-order chi connectivity index (χ0) is 16.8. The third-order valence-corrected chi connectivity index (χ3v) is 3.66. The predicted molar refractivity (Wildman–Crippen MR) is 92.5 cm³/mol. The van der Waals surface area contributed by atoms with Crippen molar-refractivity contribution in [2.24, 2.45) is 0 Å². The summed E-state index contributed by atoms with van der Waals surface area (Å²) < 4.78 is 0. The van der Waals surface area contributed by atoms with Gasteiger partial charge in [-0.1, -0.05) is 6.07 Å². The average Bonchev–Trinajstić information content (AvgIpc) is 3.00. The molecule has 0 bridgehead atoms. The monoisotopic (exact) mass is 349 g/mol. The van der Waals surface area contributed by atoms with Crippen LogP contribution in [0.3, 0.4) is 0 Å². The van der Waals surface area contributed by atoms with Crippen LogP contribution in [0.1, 0.15) is 4.88 Å². The van der Waals surface area contributed by atoms with E-state index in [0.717, 1.165) is 10.9 Å². The lowest BCUT2D eigenvalue weighted by Gasteiger charge is -2.09. The SMILES string of the molecule is O=C(/C=C/c1cccs1)NC(=S)Nc1ccc([N+](=O)[O-])cc1O. The van der Waals surface area contributed by atoms with Crippen LogP contribution in [-0.4, -0.2) is 21.0 Å². The topological polar surface area (TPSA) is 104 Å². The second-order valence-corrected chi connectivity index (χ2v) is 5.64. The molecule has 0 spiro atoms. The number of carbonyl (C=O) groups is 1. The number of carbonyl (C=O) groups excluding carboxylic acids is 1. The normalized spacial score (nSPS) is 10.4. The number of benzene rings is 1. The average molecular weight is 349 g/mol. The highest BCUT2D eigenvalue weighted by Crippen LogP contribution is 2.27. The Balaban J connectivity index is 1.94. The Morgan fingerprint density at radius 1 is 1.39 bits per heavy atom. The zero-order valence-electron chi connectivity index (χ0n) is 11.6. The van der Waals surface area contributed by atoms with Gasteiger partial charge in [-0.15, -0.1) is 11.3 Å². The molecule has 23 heavy (non-hydrogen) atoms. The molecule has 0 saturated carbocycles. The van der Waals surface area contributed by atoms with Gasteiger partial charge in [-0.3, -0.25) is 20.2 Å². The minimum absolute atomic E-state index is 0.0324. The quantitative estimate of drug-likeness (QED) is 0.258. The van der Waals surface area contributed by atoms with Crippen LogP contribution in [0.2, 0.25) is 0 Å². The van der Waals surface area contributed by atoms with Crippen LogP contribution in [0.15, 0.2) is 41.8 Å². The Kier molecular flexibility index (Phi) is 5.39. The number of thiophene rings is 1. The maximum absolute atomic E-state index is 11.7. The molecule has 0 radical (unpaired) electrons. The van der Waals surface area contributed by atoms with Gasteiger partial charge >= 0.3 is 0 Å². The van der Waals surface area contributed by atoms with E-state index in [-0.39, 0.29) is 22.2 Å². The van der Waals surface area contributed by atoms with E-state index in [9.17, 15) is 20.0 Å². The number of hydrogen-bond acceptors (Lipinski definition) is 6. The highest BCUT2D eigenvalue weighted by Gasteiger charge is 2.11. The van der Waals surface area contributed by atoms with E-state index in [1.165, 1.54) is 29.5 Å². The number of nitro benzene ring substituents is 1. The Bertz CT molecular complexity index is 772. The van der Waals surface area contributed by atoms with Gasteiger partial charge in [0, 0.05) is 17.0 Å². The first kappa shape index (κ1) is 16.6. The number of phenols is 1. The smallest absolute Gasteiger partial charge is 0.273 e. The Hall–Kier alpha value is -2.78. The predicted octanol–water partition coefficient (Wildman–Crippen LogP) is 2.89. The minimum atomic E-state index is -0.626. The Labute approximate surface area is 140 Å². The van der Waals surface area contributed by atoms with Gasteiger partial charge in [-0.2, -0.15) is 0 Å². The van der Waals surface area contributed by atoms with Crippen LogP contribution in [0, 0.1) is 10.1 Å². The molecule has 2 aromatic rings. The van der Waals surface area contributed by atoms with Crippen molar-refractivity contribution in [2.45, 2.75) is 0 Å². The molecular weight excluding hydrogens is 338 g/mol. The minimum Gasteiger partial charge on any atom is -0.506 e. The fraction of sp³-hybridized carbons (Fsp3) is 0. The molecule has 0 aliphatic rings. The molecule has 0 fully saturated rings. The lowest BCUT2D eigenvalue weighted by atomic mass is 10.2. The third-order valence-electron chi connectivity index (χ3n) is 2.62. The van der Waals surface area contributed by atoms with E-state index in [2.05, 4.69) is 10.6 Å². The number of rotatable bonds is 4. The van der Waals surface area contributed by atoms with Gasteiger partial charge in [0.2, 0.25) is 5.91 Å². The van der Waals surface area contributed by atoms with Gasteiger partial charge in [0.15, 0.2) is 5.11 Å². The number of phenolic OH excluding ortho intramolecular Hbond substituents is 1.